The molecule has 1 aromatic rings. The third-order valence-corrected chi connectivity index (χ3v) is 3.71. The monoisotopic (exact) mass is 283 g/mol. The van der Waals surface area contributed by atoms with Gasteiger partial charge in [-0.15, -0.1) is 0 Å². The summed E-state index contributed by atoms with van der Waals surface area (Å²) in [5.41, 5.74) is 0.462. The molecule has 1 unspecified atom stereocenters. The van der Waals surface area contributed by atoms with Crippen LogP contribution in [0.4, 0.5) is 5.82 Å². The largest absolute Gasteiger partial charge is 0.394 e. The molecule has 0 spiro atoms. The first kappa shape index (κ1) is 14.1. The van der Waals surface area contributed by atoms with Gasteiger partial charge in [-0.25, -0.2) is 4.98 Å². The lowest BCUT2D eigenvalue weighted by molar-refractivity contribution is 0.0502. The first-order chi connectivity index (χ1) is 9.17. The number of halogens is 1. The molecule has 0 bridgehead atoms. The number of nitrogens with zero attached hydrogens (tertiary/aromatic N) is 2. The van der Waals surface area contributed by atoms with Crippen molar-refractivity contribution in [2.75, 3.05) is 25.5 Å². The summed E-state index contributed by atoms with van der Waals surface area (Å²) in [6.07, 6.45) is 4.38. The van der Waals surface area contributed by atoms with Gasteiger partial charge in [0, 0.05) is 19.8 Å². The quantitative estimate of drug-likeness (QED) is 0.887. The molecule has 2 rings (SSSR count). The molecular weight excluding hydrogens is 266 g/mol. The van der Waals surface area contributed by atoms with Crippen LogP contribution in [0.1, 0.15) is 29.6 Å². The fourth-order valence-electron chi connectivity index (χ4n) is 2.36. The molecule has 1 aliphatic rings. The highest BCUT2D eigenvalue weighted by atomic mass is 35.5. The molecule has 5 nitrogen and oxygen atoms in total. The number of hydrogen-bond donors (Lipinski definition) is 2. The Bertz CT molecular complexity index is 467. The Morgan fingerprint density at radius 1 is 1.63 bits per heavy atom. The Hall–Kier alpha value is -1.33. The Balaban J connectivity index is 2.20. The first-order valence-electron chi connectivity index (χ1n) is 6.42. The first-order valence-corrected chi connectivity index (χ1v) is 6.80. The molecule has 2 N–H and O–H groups in total. The summed E-state index contributed by atoms with van der Waals surface area (Å²) in [6, 6.07) is 1.52. The predicted octanol–water partition coefficient (Wildman–Crippen LogP) is 1.76. The number of amides is 1. The second-order valence-corrected chi connectivity index (χ2v) is 5.04. The molecule has 6 heteroatoms. The van der Waals surface area contributed by atoms with Crippen molar-refractivity contribution < 1.29 is 9.90 Å². The van der Waals surface area contributed by atoms with Gasteiger partial charge in [0.25, 0.3) is 5.91 Å². The number of aliphatic hydroxyl groups excluding tert-OH is 1. The minimum atomic E-state index is -0.115. The van der Waals surface area contributed by atoms with Gasteiger partial charge in [-0.3, -0.25) is 4.79 Å². The molecule has 0 aliphatic carbocycles. The highest BCUT2D eigenvalue weighted by molar-refractivity contribution is 6.33. The van der Waals surface area contributed by atoms with E-state index in [9.17, 15) is 9.90 Å². The van der Waals surface area contributed by atoms with E-state index in [1.54, 1.807) is 18.0 Å². The van der Waals surface area contributed by atoms with Crippen molar-refractivity contribution >= 4 is 23.3 Å². The van der Waals surface area contributed by atoms with E-state index in [2.05, 4.69) is 10.3 Å². The molecule has 1 fully saturated rings. The highest BCUT2D eigenvalue weighted by Gasteiger charge is 2.27. The maximum absolute atomic E-state index is 12.4. The van der Waals surface area contributed by atoms with Gasteiger partial charge in [0.1, 0.15) is 5.82 Å². The van der Waals surface area contributed by atoms with Crippen LogP contribution in [0.3, 0.4) is 0 Å². The molecule has 0 saturated carbocycles. The maximum Gasteiger partial charge on any atom is 0.255 e. The van der Waals surface area contributed by atoms with Crippen LogP contribution in [0.15, 0.2) is 12.3 Å². The van der Waals surface area contributed by atoms with Gasteiger partial charge in [-0.05, 0) is 25.3 Å². The molecule has 104 valence electrons. The number of piperidine rings is 1. The number of carbonyl (C=O) groups excluding carboxylic acids is 1. The molecule has 2 heterocycles. The summed E-state index contributed by atoms with van der Waals surface area (Å²) in [6.45, 7) is 0.678. The van der Waals surface area contributed by atoms with Crippen LogP contribution in [-0.4, -0.2) is 47.1 Å². The zero-order chi connectivity index (χ0) is 13.8. The zero-order valence-corrected chi connectivity index (χ0v) is 11.7. The summed E-state index contributed by atoms with van der Waals surface area (Å²) in [5.74, 6) is 0.436. The summed E-state index contributed by atoms with van der Waals surface area (Å²) >= 11 is 6.04. The molecule has 0 aromatic carbocycles. The number of likely N-dealkylation sites (tertiary alicyclic amines) is 1. The van der Waals surface area contributed by atoms with Gasteiger partial charge >= 0.3 is 0 Å². The highest BCUT2D eigenvalue weighted by Crippen LogP contribution is 2.23. The molecule has 1 aliphatic heterocycles. The van der Waals surface area contributed by atoms with Gasteiger partial charge in [0.2, 0.25) is 0 Å². The van der Waals surface area contributed by atoms with E-state index in [0.29, 0.717) is 22.9 Å². The van der Waals surface area contributed by atoms with E-state index in [4.69, 9.17) is 11.6 Å². The van der Waals surface area contributed by atoms with Crippen LogP contribution in [0.5, 0.6) is 0 Å². The summed E-state index contributed by atoms with van der Waals surface area (Å²) in [7, 11) is 1.72. The van der Waals surface area contributed by atoms with Gasteiger partial charge < -0.3 is 15.3 Å². The van der Waals surface area contributed by atoms with Crippen molar-refractivity contribution in [1.82, 2.24) is 9.88 Å². The lowest BCUT2D eigenvalue weighted by Gasteiger charge is -2.34. The Kier molecular flexibility index (Phi) is 4.61. The van der Waals surface area contributed by atoms with Gasteiger partial charge in [-0.2, -0.15) is 0 Å². The average molecular weight is 284 g/mol. The van der Waals surface area contributed by atoms with Crippen molar-refractivity contribution in [3.8, 4) is 0 Å². The van der Waals surface area contributed by atoms with Crippen LogP contribution >= 0.6 is 11.6 Å². The Labute approximate surface area is 117 Å². The molecule has 1 atom stereocenters. The SMILES string of the molecule is CNc1ncc(C(=O)N2CCCCC2CO)cc1Cl. The van der Waals surface area contributed by atoms with E-state index in [1.807, 2.05) is 0 Å². The third kappa shape index (κ3) is 2.98. The number of aromatic nitrogens is 1. The van der Waals surface area contributed by atoms with Crippen LogP contribution in [-0.2, 0) is 0 Å². The second kappa shape index (κ2) is 6.21. The fraction of sp³-hybridized carbons (Fsp3) is 0.538. The van der Waals surface area contributed by atoms with Gasteiger partial charge in [-0.1, -0.05) is 11.6 Å². The molecule has 1 saturated heterocycles. The molecule has 0 radical (unpaired) electrons. The van der Waals surface area contributed by atoms with E-state index in [0.717, 1.165) is 19.3 Å². The number of anilines is 1. The van der Waals surface area contributed by atoms with Crippen molar-refractivity contribution in [1.29, 1.82) is 0 Å². The van der Waals surface area contributed by atoms with E-state index in [1.165, 1.54) is 6.20 Å². The average Bonchev–Trinajstić information content (AvgIpc) is 2.46. The van der Waals surface area contributed by atoms with Crippen molar-refractivity contribution in [2.45, 2.75) is 25.3 Å². The molecule has 1 amide bonds. The number of aliphatic hydroxyl groups is 1. The lowest BCUT2D eigenvalue weighted by Crippen LogP contribution is -2.45. The lowest BCUT2D eigenvalue weighted by atomic mass is 10.0. The van der Waals surface area contributed by atoms with Crippen molar-refractivity contribution in [2.24, 2.45) is 0 Å². The fourth-order valence-corrected chi connectivity index (χ4v) is 2.62. The minimum absolute atomic E-state index is 0.00149. The van der Waals surface area contributed by atoms with Crippen LogP contribution in [0, 0.1) is 0 Å². The van der Waals surface area contributed by atoms with Crippen molar-refractivity contribution in [3.05, 3.63) is 22.8 Å². The standard InChI is InChI=1S/C13H18ClN3O2/c1-15-12-11(14)6-9(7-16-12)13(19)17-5-3-2-4-10(17)8-18/h6-7,10,18H,2-5,8H2,1H3,(H,15,16). The third-order valence-electron chi connectivity index (χ3n) is 3.42. The second-order valence-electron chi connectivity index (χ2n) is 4.64. The number of nitrogens with one attached hydrogen (secondary N) is 1. The van der Waals surface area contributed by atoms with Crippen LogP contribution < -0.4 is 5.32 Å². The summed E-state index contributed by atoms with van der Waals surface area (Å²) in [4.78, 5) is 18.2. The minimum Gasteiger partial charge on any atom is -0.394 e. The van der Waals surface area contributed by atoms with E-state index < -0.39 is 0 Å². The summed E-state index contributed by atoms with van der Waals surface area (Å²) < 4.78 is 0. The number of hydrogen-bond acceptors (Lipinski definition) is 4. The number of rotatable bonds is 3. The predicted molar refractivity (Wildman–Crippen MR) is 74.6 cm³/mol. The number of carbonyl (C=O) groups is 1. The Morgan fingerprint density at radius 3 is 3.05 bits per heavy atom. The van der Waals surface area contributed by atoms with Gasteiger partial charge in [0.05, 0.1) is 23.2 Å². The van der Waals surface area contributed by atoms with Crippen LogP contribution in [0.25, 0.3) is 0 Å². The summed E-state index contributed by atoms with van der Waals surface area (Å²) in [5, 5.41) is 12.6. The topological polar surface area (TPSA) is 65.5 Å². The van der Waals surface area contributed by atoms with Crippen molar-refractivity contribution in [3.63, 3.8) is 0 Å². The zero-order valence-electron chi connectivity index (χ0n) is 10.9. The smallest absolute Gasteiger partial charge is 0.255 e. The normalized spacial score (nSPS) is 19.3. The van der Waals surface area contributed by atoms with Gasteiger partial charge in [0.15, 0.2) is 0 Å². The van der Waals surface area contributed by atoms with E-state index in [-0.39, 0.29) is 18.6 Å². The maximum atomic E-state index is 12.4. The number of pyridine rings is 1. The molecule has 19 heavy (non-hydrogen) atoms. The molecule has 1 aromatic heterocycles. The van der Waals surface area contributed by atoms with E-state index >= 15 is 0 Å². The van der Waals surface area contributed by atoms with Crippen LogP contribution in [0.2, 0.25) is 5.02 Å². The molecular formula is C13H18ClN3O2. The Morgan fingerprint density at radius 2 is 2.42 bits per heavy atom.